The van der Waals surface area contributed by atoms with E-state index in [1.54, 1.807) is 0 Å². The minimum absolute atomic E-state index is 0.845. The fourth-order valence-electron chi connectivity index (χ4n) is 10.9. The van der Waals surface area contributed by atoms with Crippen LogP contribution in [0.15, 0.2) is 276 Å². The van der Waals surface area contributed by atoms with Crippen molar-refractivity contribution in [2.45, 2.75) is 0 Å². The van der Waals surface area contributed by atoms with E-state index < -0.39 is 0 Å². The van der Waals surface area contributed by atoms with E-state index in [0.29, 0.717) is 0 Å². The van der Waals surface area contributed by atoms with Crippen LogP contribution in [-0.4, -0.2) is 0 Å². The van der Waals surface area contributed by atoms with Gasteiger partial charge in [0.15, 0.2) is 0 Å². The molecule has 4 heteroatoms. The minimum Gasteiger partial charge on any atom is -0.456 e. The van der Waals surface area contributed by atoms with Crippen LogP contribution in [0.3, 0.4) is 0 Å². The van der Waals surface area contributed by atoms with Crippen LogP contribution in [0.2, 0.25) is 0 Å². The smallest absolute Gasteiger partial charge is 0.145 e. The Bertz CT molecular complexity index is 4340. The molecule has 12 aromatic carbocycles. The van der Waals surface area contributed by atoms with Crippen molar-refractivity contribution >= 4 is 99.5 Å². The summed E-state index contributed by atoms with van der Waals surface area (Å²) in [6.45, 7) is 0. The molecule has 72 heavy (non-hydrogen) atoms. The first kappa shape index (κ1) is 41.3. The Labute approximate surface area is 416 Å². The molecule has 14 aromatic rings. The van der Waals surface area contributed by atoms with Crippen LogP contribution in [0.25, 0.3) is 98.8 Å². The lowest BCUT2D eigenvalue weighted by Crippen LogP contribution is -2.11. The number of anilines is 6. The fourth-order valence-corrected chi connectivity index (χ4v) is 10.9. The molecule has 0 N–H and O–H groups in total. The van der Waals surface area contributed by atoms with Gasteiger partial charge in [-0.15, -0.1) is 0 Å². The zero-order valence-electron chi connectivity index (χ0n) is 39.1. The van der Waals surface area contributed by atoms with Gasteiger partial charge in [-0.3, -0.25) is 0 Å². The lowest BCUT2D eigenvalue weighted by atomic mass is 9.96. The predicted octanol–water partition coefficient (Wildman–Crippen LogP) is 19.7. The second-order valence-corrected chi connectivity index (χ2v) is 18.4. The Balaban J connectivity index is 0.968. The molecule has 0 atom stereocenters. The van der Waals surface area contributed by atoms with Crippen molar-refractivity contribution in [2.75, 3.05) is 9.80 Å². The van der Waals surface area contributed by atoms with Gasteiger partial charge in [0.05, 0.1) is 27.8 Å². The molecule has 0 aliphatic carbocycles. The fraction of sp³-hybridized carbons (Fsp3) is 0. The maximum Gasteiger partial charge on any atom is 0.145 e. The van der Waals surface area contributed by atoms with Crippen molar-refractivity contribution in [3.8, 4) is 33.4 Å². The average Bonchev–Trinajstić information content (AvgIpc) is 4.04. The van der Waals surface area contributed by atoms with Crippen molar-refractivity contribution in [1.82, 2.24) is 0 Å². The zero-order valence-corrected chi connectivity index (χ0v) is 39.1. The molecule has 0 spiro atoms. The molecule has 4 nitrogen and oxygen atoms in total. The lowest BCUT2D eigenvalue weighted by molar-refractivity contribution is 0.669. The summed E-state index contributed by atoms with van der Waals surface area (Å²) in [7, 11) is 0. The highest BCUT2D eigenvalue weighted by molar-refractivity contribution is 6.22. The summed E-state index contributed by atoms with van der Waals surface area (Å²) < 4.78 is 13.3. The molecule has 14 rings (SSSR count). The van der Waals surface area contributed by atoms with Gasteiger partial charge in [-0.1, -0.05) is 194 Å². The first-order valence-corrected chi connectivity index (χ1v) is 24.5. The Kier molecular flexibility index (Phi) is 9.82. The number of nitrogens with zero attached hydrogens (tertiary/aromatic N) is 2. The van der Waals surface area contributed by atoms with E-state index in [2.05, 4.69) is 265 Å². The molecular weight excluding hydrogens is 877 g/mol. The first-order chi connectivity index (χ1) is 35.7. The van der Waals surface area contributed by atoms with Gasteiger partial charge in [0.2, 0.25) is 0 Å². The van der Waals surface area contributed by atoms with Gasteiger partial charge < -0.3 is 18.6 Å². The van der Waals surface area contributed by atoms with E-state index in [0.717, 1.165) is 111 Å². The Morgan fingerprint density at radius 3 is 1.50 bits per heavy atom. The molecule has 0 unspecified atom stereocenters. The molecule has 0 saturated heterocycles. The molecule has 338 valence electrons. The maximum absolute atomic E-state index is 6.77. The second kappa shape index (κ2) is 17.1. The summed E-state index contributed by atoms with van der Waals surface area (Å²) in [6.07, 6.45) is 0. The second-order valence-electron chi connectivity index (χ2n) is 18.4. The molecule has 0 bridgehead atoms. The van der Waals surface area contributed by atoms with Gasteiger partial charge in [-0.25, -0.2) is 0 Å². The molecule has 2 heterocycles. The largest absolute Gasteiger partial charge is 0.456 e. The average molecular weight is 921 g/mol. The monoisotopic (exact) mass is 920 g/mol. The van der Waals surface area contributed by atoms with E-state index in [-0.39, 0.29) is 0 Å². The van der Waals surface area contributed by atoms with Crippen molar-refractivity contribution in [2.24, 2.45) is 0 Å². The highest BCUT2D eigenvalue weighted by Gasteiger charge is 2.25. The number of fused-ring (bicyclic) bond motifs is 9. The van der Waals surface area contributed by atoms with E-state index >= 15 is 0 Å². The number of para-hydroxylation sites is 2. The number of furan rings is 2. The Morgan fingerprint density at radius 2 is 0.778 bits per heavy atom. The quantitative estimate of drug-likeness (QED) is 0.144. The number of benzene rings is 12. The van der Waals surface area contributed by atoms with Crippen LogP contribution in [0.1, 0.15) is 0 Å². The summed E-state index contributed by atoms with van der Waals surface area (Å²) >= 11 is 0. The van der Waals surface area contributed by atoms with Crippen molar-refractivity contribution in [3.63, 3.8) is 0 Å². The van der Waals surface area contributed by atoms with Gasteiger partial charge in [0.1, 0.15) is 22.3 Å². The lowest BCUT2D eigenvalue weighted by Gasteiger charge is -2.29. The van der Waals surface area contributed by atoms with Crippen LogP contribution in [0, 0.1) is 0 Å². The predicted molar refractivity (Wildman–Crippen MR) is 302 cm³/mol. The summed E-state index contributed by atoms with van der Waals surface area (Å²) in [5.41, 5.74) is 16.6. The molecule has 0 saturated carbocycles. The Morgan fingerprint density at radius 1 is 0.250 bits per heavy atom. The van der Waals surface area contributed by atoms with Crippen molar-refractivity contribution in [1.29, 1.82) is 0 Å². The van der Waals surface area contributed by atoms with Crippen LogP contribution in [-0.2, 0) is 0 Å². The molecule has 0 amide bonds. The number of hydrogen-bond acceptors (Lipinski definition) is 4. The normalized spacial score (nSPS) is 11.6. The Hall–Kier alpha value is -9.64. The minimum atomic E-state index is 0.845. The van der Waals surface area contributed by atoms with Gasteiger partial charge >= 0.3 is 0 Å². The van der Waals surface area contributed by atoms with Gasteiger partial charge in [0.25, 0.3) is 0 Å². The summed E-state index contributed by atoms with van der Waals surface area (Å²) in [6, 6.07) is 95.4. The molecule has 0 aliphatic rings. The third-order valence-corrected chi connectivity index (χ3v) is 14.2. The van der Waals surface area contributed by atoms with Crippen LogP contribution < -0.4 is 9.80 Å². The SMILES string of the molecule is c1ccc(-c2ccc(N(c3cccc(-c4cccc(N(c5ccc(-c6ccccc6)c6ccccc56)c5cccc6oc7ccccc7c56)c4)c3)c3cc4ccccc4c4oc5ccccc5c34)cc2)cc1. The summed E-state index contributed by atoms with van der Waals surface area (Å²) in [5.74, 6) is 0. The van der Waals surface area contributed by atoms with Crippen LogP contribution >= 0.6 is 0 Å². The van der Waals surface area contributed by atoms with E-state index in [1.807, 2.05) is 12.1 Å². The van der Waals surface area contributed by atoms with Gasteiger partial charge in [-0.05, 0) is 117 Å². The van der Waals surface area contributed by atoms with Crippen molar-refractivity contribution < 1.29 is 8.83 Å². The topological polar surface area (TPSA) is 32.8 Å². The number of rotatable bonds is 9. The highest BCUT2D eigenvalue weighted by atomic mass is 16.3. The van der Waals surface area contributed by atoms with Crippen LogP contribution in [0.5, 0.6) is 0 Å². The first-order valence-electron chi connectivity index (χ1n) is 24.5. The molecule has 0 radical (unpaired) electrons. The van der Waals surface area contributed by atoms with Gasteiger partial charge in [0, 0.05) is 38.6 Å². The third-order valence-electron chi connectivity index (χ3n) is 14.2. The van der Waals surface area contributed by atoms with E-state index in [9.17, 15) is 0 Å². The maximum atomic E-state index is 6.77. The molecular formula is C68H44N2O2. The molecule has 0 aliphatic heterocycles. The summed E-state index contributed by atoms with van der Waals surface area (Å²) in [5, 5.41) is 8.83. The zero-order chi connectivity index (χ0) is 47.5. The molecule has 2 aromatic heterocycles. The standard InChI is InChI=1S/C68H44N2O2/c1-3-18-45(19-4-1)46-36-38-51(39-37-46)69(62-44-50-22-7-8-27-55(50)68-67(62)59-31-12-14-34-64(59)72-68)52-25-15-23-48(42-52)49-24-16-26-53(43-49)70(61-32-17-35-65-66(61)58-30-11-13-33-63(58)71-65)60-41-40-54(47-20-5-2-6-21-47)56-28-9-10-29-57(56)60/h1-44H. The van der Waals surface area contributed by atoms with Crippen molar-refractivity contribution in [3.05, 3.63) is 267 Å². The summed E-state index contributed by atoms with van der Waals surface area (Å²) in [4.78, 5) is 4.82. The van der Waals surface area contributed by atoms with E-state index in [1.165, 1.54) is 22.1 Å². The molecule has 0 fully saturated rings. The van der Waals surface area contributed by atoms with Gasteiger partial charge in [-0.2, -0.15) is 0 Å². The number of hydrogen-bond donors (Lipinski definition) is 0. The third kappa shape index (κ3) is 6.92. The highest BCUT2D eigenvalue weighted by Crippen LogP contribution is 2.49. The van der Waals surface area contributed by atoms with E-state index in [4.69, 9.17) is 8.83 Å². The van der Waals surface area contributed by atoms with Crippen LogP contribution in [0.4, 0.5) is 34.1 Å².